The molecule has 0 saturated carbocycles. The number of nitrogens with zero attached hydrogens (tertiary/aromatic N) is 1. The molecule has 3 nitrogen and oxygen atoms in total. The molecule has 0 bridgehead atoms. The molecule has 0 spiro atoms. The highest BCUT2D eigenvalue weighted by Gasteiger charge is 2.22. The molecule has 6 heteroatoms. The quantitative estimate of drug-likeness (QED) is 0.602. The average molecular weight is 379 g/mol. The van der Waals surface area contributed by atoms with Crippen molar-refractivity contribution in [2.24, 2.45) is 0 Å². The van der Waals surface area contributed by atoms with Crippen LogP contribution in [0.2, 0.25) is 5.02 Å². The van der Waals surface area contributed by atoms with E-state index in [2.05, 4.69) is 31.1 Å². The summed E-state index contributed by atoms with van der Waals surface area (Å²) in [6.07, 6.45) is 0. The molecular formula is C18H19ClN2OS2. The van der Waals surface area contributed by atoms with Crippen LogP contribution < -0.4 is 5.32 Å². The monoisotopic (exact) mass is 378 g/mol. The van der Waals surface area contributed by atoms with Gasteiger partial charge < -0.3 is 5.32 Å². The lowest BCUT2D eigenvalue weighted by Crippen LogP contribution is -2.19. The Bertz CT molecular complexity index is 892. The van der Waals surface area contributed by atoms with E-state index >= 15 is 0 Å². The van der Waals surface area contributed by atoms with Gasteiger partial charge in [-0.2, -0.15) is 0 Å². The van der Waals surface area contributed by atoms with Gasteiger partial charge in [-0.25, -0.2) is 4.98 Å². The van der Waals surface area contributed by atoms with Gasteiger partial charge in [0.05, 0.1) is 11.6 Å². The van der Waals surface area contributed by atoms with Crippen LogP contribution in [0.4, 0.5) is 5.13 Å². The van der Waals surface area contributed by atoms with Crippen LogP contribution in [-0.2, 0) is 10.2 Å². The van der Waals surface area contributed by atoms with E-state index in [9.17, 15) is 4.79 Å². The lowest BCUT2D eigenvalue weighted by atomic mass is 9.93. The van der Waals surface area contributed by atoms with Crippen LogP contribution in [0, 0.1) is 0 Å². The van der Waals surface area contributed by atoms with Crippen LogP contribution in [0.5, 0.6) is 0 Å². The van der Waals surface area contributed by atoms with Crippen LogP contribution in [-0.4, -0.2) is 10.9 Å². The minimum Gasteiger partial charge on any atom is -0.301 e. The molecule has 0 aliphatic carbocycles. The largest absolute Gasteiger partial charge is 0.301 e. The maximum atomic E-state index is 12.6. The second-order valence-corrected chi connectivity index (χ2v) is 9.04. The van der Waals surface area contributed by atoms with Gasteiger partial charge in [-0.15, -0.1) is 22.7 Å². The number of thiazole rings is 1. The van der Waals surface area contributed by atoms with Gasteiger partial charge in [0, 0.05) is 20.5 Å². The molecule has 2 aromatic heterocycles. The van der Waals surface area contributed by atoms with Crippen LogP contribution in [0.25, 0.3) is 10.1 Å². The maximum absolute atomic E-state index is 12.6. The number of rotatable bonds is 3. The zero-order valence-electron chi connectivity index (χ0n) is 14.0. The number of anilines is 1. The Morgan fingerprint density at radius 1 is 1.25 bits per heavy atom. The third-order valence-electron chi connectivity index (χ3n) is 3.93. The molecule has 0 aliphatic rings. The molecule has 0 fully saturated rings. The number of amides is 1. The van der Waals surface area contributed by atoms with E-state index in [-0.39, 0.29) is 17.2 Å². The minimum atomic E-state index is -0.265. The first kappa shape index (κ1) is 17.4. The summed E-state index contributed by atoms with van der Waals surface area (Å²) in [5.74, 6) is -0.316. The molecule has 126 valence electrons. The summed E-state index contributed by atoms with van der Waals surface area (Å²) in [6.45, 7) is 8.24. The zero-order valence-corrected chi connectivity index (χ0v) is 16.4. The van der Waals surface area contributed by atoms with E-state index in [0.717, 1.165) is 21.3 Å². The molecule has 1 unspecified atom stereocenters. The lowest BCUT2D eigenvalue weighted by Gasteiger charge is -2.14. The maximum Gasteiger partial charge on any atom is 0.233 e. The van der Waals surface area contributed by atoms with Crippen LogP contribution >= 0.6 is 34.3 Å². The number of benzene rings is 1. The topological polar surface area (TPSA) is 42.0 Å². The number of carbonyl (C=O) groups excluding carboxylic acids is 1. The third kappa shape index (κ3) is 3.48. The van der Waals surface area contributed by atoms with Crippen molar-refractivity contribution in [2.45, 2.75) is 39.0 Å². The first-order valence-electron chi connectivity index (χ1n) is 7.69. The highest BCUT2D eigenvalue weighted by molar-refractivity contribution is 7.17. The first-order chi connectivity index (χ1) is 11.3. The van der Waals surface area contributed by atoms with E-state index in [1.807, 2.05) is 35.9 Å². The Labute approximate surface area is 154 Å². The molecule has 24 heavy (non-hydrogen) atoms. The summed E-state index contributed by atoms with van der Waals surface area (Å²) >= 11 is 9.20. The van der Waals surface area contributed by atoms with E-state index in [4.69, 9.17) is 11.6 Å². The van der Waals surface area contributed by atoms with Gasteiger partial charge in [-0.3, -0.25) is 4.79 Å². The zero-order chi connectivity index (χ0) is 17.5. The summed E-state index contributed by atoms with van der Waals surface area (Å²) in [5, 5.41) is 9.36. The number of halogens is 1. The van der Waals surface area contributed by atoms with E-state index in [1.54, 1.807) is 11.3 Å². The Balaban J connectivity index is 1.81. The van der Waals surface area contributed by atoms with Crippen molar-refractivity contribution in [1.29, 1.82) is 0 Å². The molecule has 2 heterocycles. The summed E-state index contributed by atoms with van der Waals surface area (Å²) < 4.78 is 1.14. The summed E-state index contributed by atoms with van der Waals surface area (Å²) in [5.41, 5.74) is 1.97. The van der Waals surface area contributed by atoms with Gasteiger partial charge in [0.15, 0.2) is 5.13 Å². The highest BCUT2D eigenvalue weighted by atomic mass is 35.5. The number of thiophene rings is 1. The molecule has 0 radical (unpaired) electrons. The fourth-order valence-electron chi connectivity index (χ4n) is 2.39. The molecule has 0 saturated heterocycles. The fraction of sp³-hybridized carbons (Fsp3) is 0.333. The Morgan fingerprint density at radius 3 is 2.67 bits per heavy atom. The molecule has 1 amide bonds. The van der Waals surface area contributed by atoms with Crippen molar-refractivity contribution >= 4 is 55.4 Å². The second kappa shape index (κ2) is 6.47. The molecule has 1 N–H and O–H groups in total. The molecule has 3 rings (SSSR count). The standard InChI is InChI=1S/C18H19ClN2OS2/c1-10(13-8-23-14-6-5-11(19)7-12(13)14)16(22)21-17-20-15(9-24-17)18(2,3)4/h5-10H,1-4H3,(H,20,21,22). The molecule has 1 atom stereocenters. The molecule has 1 aromatic carbocycles. The third-order valence-corrected chi connectivity index (χ3v) is 5.90. The summed E-state index contributed by atoms with van der Waals surface area (Å²) in [4.78, 5) is 17.2. The average Bonchev–Trinajstić information content (AvgIpc) is 3.12. The van der Waals surface area contributed by atoms with Crippen molar-refractivity contribution in [1.82, 2.24) is 4.98 Å². The Morgan fingerprint density at radius 2 is 2.00 bits per heavy atom. The number of fused-ring (bicyclic) bond motifs is 1. The predicted molar refractivity (Wildman–Crippen MR) is 105 cm³/mol. The Hall–Kier alpha value is -1.43. The number of nitrogens with one attached hydrogen (secondary N) is 1. The van der Waals surface area contributed by atoms with Gasteiger partial charge in [0.25, 0.3) is 0 Å². The second-order valence-electron chi connectivity index (χ2n) is 6.83. The van der Waals surface area contributed by atoms with Crippen molar-refractivity contribution < 1.29 is 4.79 Å². The molecule has 0 aliphatic heterocycles. The smallest absolute Gasteiger partial charge is 0.233 e. The SMILES string of the molecule is CC(C(=O)Nc1nc(C(C)(C)C)cs1)c1csc2ccc(Cl)cc12. The Kier molecular flexibility index (Phi) is 4.69. The van der Waals surface area contributed by atoms with Gasteiger partial charge in [0.2, 0.25) is 5.91 Å². The van der Waals surface area contributed by atoms with Crippen molar-refractivity contribution in [2.75, 3.05) is 5.32 Å². The van der Waals surface area contributed by atoms with Crippen molar-refractivity contribution in [3.63, 3.8) is 0 Å². The number of carbonyl (C=O) groups is 1. The van der Waals surface area contributed by atoms with Crippen molar-refractivity contribution in [3.05, 3.63) is 45.2 Å². The van der Waals surface area contributed by atoms with E-state index in [1.165, 1.54) is 11.3 Å². The van der Waals surface area contributed by atoms with Crippen LogP contribution in [0.3, 0.4) is 0 Å². The predicted octanol–water partition coefficient (Wildman–Crippen LogP) is 6.05. The minimum absolute atomic E-state index is 0.0224. The first-order valence-corrected chi connectivity index (χ1v) is 9.83. The van der Waals surface area contributed by atoms with E-state index in [0.29, 0.717) is 10.2 Å². The normalized spacial score (nSPS) is 13.2. The van der Waals surface area contributed by atoms with E-state index < -0.39 is 0 Å². The van der Waals surface area contributed by atoms with Gasteiger partial charge in [0.1, 0.15) is 0 Å². The summed E-state index contributed by atoms with van der Waals surface area (Å²) in [6, 6.07) is 5.79. The number of hydrogen-bond donors (Lipinski definition) is 1. The van der Waals surface area contributed by atoms with Crippen molar-refractivity contribution in [3.8, 4) is 0 Å². The van der Waals surface area contributed by atoms with Gasteiger partial charge >= 0.3 is 0 Å². The van der Waals surface area contributed by atoms with Gasteiger partial charge in [-0.05, 0) is 41.5 Å². The van der Waals surface area contributed by atoms with Crippen LogP contribution in [0.1, 0.15) is 44.9 Å². The summed E-state index contributed by atoms with van der Waals surface area (Å²) in [7, 11) is 0. The number of aromatic nitrogens is 1. The fourth-order valence-corrected chi connectivity index (χ4v) is 4.53. The molecule has 3 aromatic rings. The highest BCUT2D eigenvalue weighted by Crippen LogP contribution is 2.34. The van der Waals surface area contributed by atoms with Gasteiger partial charge in [-0.1, -0.05) is 32.4 Å². The molecular weight excluding hydrogens is 360 g/mol. The number of hydrogen-bond acceptors (Lipinski definition) is 4. The lowest BCUT2D eigenvalue weighted by molar-refractivity contribution is -0.117. The van der Waals surface area contributed by atoms with Crippen LogP contribution in [0.15, 0.2) is 29.0 Å².